The number of nitro groups is 1. The van der Waals surface area contributed by atoms with Crippen molar-refractivity contribution in [2.45, 2.75) is 13.3 Å². The van der Waals surface area contributed by atoms with Gasteiger partial charge in [-0.15, -0.1) is 0 Å². The molecule has 7 heteroatoms. The van der Waals surface area contributed by atoms with Crippen molar-refractivity contribution in [2.24, 2.45) is 0 Å². The predicted octanol–water partition coefficient (Wildman–Crippen LogP) is 4.72. The smallest absolute Gasteiger partial charge is 0.289 e. The lowest BCUT2D eigenvalue weighted by Crippen LogP contribution is -2.12. The summed E-state index contributed by atoms with van der Waals surface area (Å²) in [5.41, 5.74) is 1.49. The highest BCUT2D eigenvalue weighted by Crippen LogP contribution is 2.34. The number of aryl methyl sites for hydroxylation is 1. The van der Waals surface area contributed by atoms with E-state index in [1.54, 1.807) is 12.1 Å². The molecule has 0 aliphatic rings. The van der Waals surface area contributed by atoms with E-state index in [0.29, 0.717) is 5.56 Å². The van der Waals surface area contributed by atoms with Crippen molar-refractivity contribution >= 4 is 40.5 Å². The van der Waals surface area contributed by atoms with E-state index in [0.717, 1.165) is 18.1 Å². The van der Waals surface area contributed by atoms with Gasteiger partial charge in [-0.1, -0.05) is 42.3 Å². The number of hydrogen-bond donors (Lipinski definition) is 1. The quantitative estimate of drug-likeness (QED) is 0.647. The molecule has 2 aromatic carbocycles. The number of hydrogen-bond acceptors (Lipinski definition) is 3. The Kier molecular flexibility index (Phi) is 5.00. The molecule has 0 bridgehead atoms. The van der Waals surface area contributed by atoms with Gasteiger partial charge >= 0.3 is 0 Å². The van der Waals surface area contributed by atoms with Crippen LogP contribution >= 0.6 is 23.2 Å². The fourth-order valence-corrected chi connectivity index (χ4v) is 2.30. The van der Waals surface area contributed by atoms with Gasteiger partial charge in [0.25, 0.3) is 11.6 Å². The third kappa shape index (κ3) is 3.55. The molecule has 0 fully saturated rings. The number of nitrogens with zero attached hydrogens (tertiary/aromatic N) is 1. The van der Waals surface area contributed by atoms with Gasteiger partial charge in [-0.2, -0.15) is 0 Å². The van der Waals surface area contributed by atoms with Gasteiger partial charge in [-0.25, -0.2) is 0 Å². The minimum Gasteiger partial charge on any atom is -0.321 e. The number of anilines is 1. The van der Waals surface area contributed by atoms with Gasteiger partial charge in [0.1, 0.15) is 5.02 Å². The summed E-state index contributed by atoms with van der Waals surface area (Å²) >= 11 is 11.8. The van der Waals surface area contributed by atoms with Crippen LogP contribution in [0.4, 0.5) is 11.4 Å². The highest BCUT2D eigenvalue weighted by molar-refractivity contribution is 6.37. The number of carbonyl (C=O) groups excluding carboxylic acids is 1. The van der Waals surface area contributed by atoms with E-state index in [9.17, 15) is 14.9 Å². The average molecular weight is 339 g/mol. The molecule has 22 heavy (non-hydrogen) atoms. The van der Waals surface area contributed by atoms with E-state index in [4.69, 9.17) is 23.2 Å². The van der Waals surface area contributed by atoms with Crippen molar-refractivity contribution < 1.29 is 9.72 Å². The molecule has 0 aromatic heterocycles. The molecule has 0 saturated heterocycles. The first kappa shape index (κ1) is 16.3. The highest BCUT2D eigenvalue weighted by atomic mass is 35.5. The van der Waals surface area contributed by atoms with Gasteiger partial charge in [-0.3, -0.25) is 14.9 Å². The maximum absolute atomic E-state index is 12.1. The number of amides is 1. The van der Waals surface area contributed by atoms with Crippen LogP contribution in [0.5, 0.6) is 0 Å². The molecule has 1 amide bonds. The van der Waals surface area contributed by atoms with Crippen LogP contribution < -0.4 is 5.32 Å². The Morgan fingerprint density at radius 2 is 1.82 bits per heavy atom. The number of halogens is 2. The van der Waals surface area contributed by atoms with Crippen molar-refractivity contribution in [3.8, 4) is 0 Å². The van der Waals surface area contributed by atoms with Crippen molar-refractivity contribution in [3.05, 3.63) is 67.7 Å². The van der Waals surface area contributed by atoms with Crippen molar-refractivity contribution in [1.29, 1.82) is 0 Å². The Morgan fingerprint density at radius 3 is 2.36 bits per heavy atom. The second-order valence-electron chi connectivity index (χ2n) is 4.55. The molecule has 0 saturated carbocycles. The molecule has 0 atom stereocenters. The third-order valence-corrected chi connectivity index (χ3v) is 3.72. The first-order valence-corrected chi connectivity index (χ1v) is 7.21. The molecule has 0 heterocycles. The fraction of sp³-hybridized carbons (Fsp3) is 0.133. The van der Waals surface area contributed by atoms with Crippen LogP contribution in [0.15, 0.2) is 36.4 Å². The first-order valence-electron chi connectivity index (χ1n) is 6.46. The maximum Gasteiger partial charge on any atom is 0.289 e. The van der Waals surface area contributed by atoms with Gasteiger partial charge in [0.15, 0.2) is 0 Å². The fourth-order valence-electron chi connectivity index (χ4n) is 1.86. The summed E-state index contributed by atoms with van der Waals surface area (Å²) < 4.78 is 0. The first-order chi connectivity index (χ1) is 10.4. The van der Waals surface area contributed by atoms with Gasteiger partial charge < -0.3 is 5.32 Å². The lowest BCUT2D eigenvalue weighted by molar-refractivity contribution is -0.384. The Labute approximate surface area is 137 Å². The zero-order valence-electron chi connectivity index (χ0n) is 11.6. The van der Waals surface area contributed by atoms with E-state index < -0.39 is 4.92 Å². The maximum atomic E-state index is 12.1. The Balaban J connectivity index is 2.24. The highest BCUT2D eigenvalue weighted by Gasteiger charge is 2.17. The van der Waals surface area contributed by atoms with Crippen LogP contribution in [-0.2, 0) is 6.42 Å². The number of benzene rings is 2. The van der Waals surface area contributed by atoms with Gasteiger partial charge in [-0.05, 0) is 30.2 Å². The minimum absolute atomic E-state index is 0.0506. The molecule has 2 aromatic rings. The molecule has 0 unspecified atom stereocenters. The third-order valence-electron chi connectivity index (χ3n) is 3.11. The van der Waals surface area contributed by atoms with Crippen LogP contribution in [-0.4, -0.2) is 10.8 Å². The molecule has 0 radical (unpaired) electrons. The van der Waals surface area contributed by atoms with Crippen molar-refractivity contribution in [2.75, 3.05) is 5.32 Å². The SMILES string of the molecule is CCc1ccc(C(=O)Nc2cc(Cl)c([N+](=O)[O-])cc2Cl)cc1. The van der Waals surface area contributed by atoms with Crippen LogP contribution in [0.25, 0.3) is 0 Å². The molecular formula is C15H12Cl2N2O3. The minimum atomic E-state index is -0.636. The van der Waals surface area contributed by atoms with E-state index >= 15 is 0 Å². The van der Waals surface area contributed by atoms with Crippen molar-refractivity contribution in [3.63, 3.8) is 0 Å². The number of nitrogens with one attached hydrogen (secondary N) is 1. The summed E-state index contributed by atoms with van der Waals surface area (Å²) in [4.78, 5) is 22.3. The molecule has 1 N–H and O–H groups in total. The normalized spacial score (nSPS) is 10.3. The van der Waals surface area contributed by atoms with Gasteiger partial charge in [0, 0.05) is 11.6 Å². The molecule has 0 aliphatic carbocycles. The standard InChI is InChI=1S/C15H12Cl2N2O3/c1-2-9-3-5-10(6-4-9)15(20)18-13-7-12(17)14(19(21)22)8-11(13)16/h3-8H,2H2,1H3,(H,18,20). The number of nitro benzene ring substituents is 1. The van der Waals surface area contributed by atoms with E-state index in [-0.39, 0.29) is 27.3 Å². The zero-order valence-corrected chi connectivity index (χ0v) is 13.1. The Morgan fingerprint density at radius 1 is 1.18 bits per heavy atom. The van der Waals surface area contributed by atoms with Crippen LogP contribution in [0, 0.1) is 10.1 Å². The van der Waals surface area contributed by atoms with Gasteiger partial charge in [0.2, 0.25) is 0 Å². The summed E-state index contributed by atoms with van der Waals surface area (Å²) in [6.07, 6.45) is 0.881. The number of carbonyl (C=O) groups is 1. The summed E-state index contributed by atoms with van der Waals surface area (Å²) in [5, 5.41) is 13.3. The summed E-state index contributed by atoms with van der Waals surface area (Å²) in [6.45, 7) is 2.02. The number of rotatable bonds is 4. The zero-order chi connectivity index (χ0) is 16.3. The monoisotopic (exact) mass is 338 g/mol. The molecule has 114 valence electrons. The van der Waals surface area contributed by atoms with Crippen molar-refractivity contribution in [1.82, 2.24) is 0 Å². The van der Waals surface area contributed by atoms with E-state index in [1.165, 1.54) is 6.07 Å². The average Bonchev–Trinajstić information content (AvgIpc) is 2.50. The largest absolute Gasteiger partial charge is 0.321 e. The molecule has 5 nitrogen and oxygen atoms in total. The second-order valence-corrected chi connectivity index (χ2v) is 5.36. The Hall–Kier alpha value is -2.11. The lowest BCUT2D eigenvalue weighted by Gasteiger charge is -2.08. The van der Waals surface area contributed by atoms with E-state index in [1.807, 2.05) is 19.1 Å². The summed E-state index contributed by atoms with van der Waals surface area (Å²) in [7, 11) is 0. The molecule has 0 spiro atoms. The van der Waals surface area contributed by atoms with Crippen LogP contribution in [0.2, 0.25) is 10.0 Å². The van der Waals surface area contributed by atoms with Gasteiger partial charge in [0.05, 0.1) is 15.6 Å². The summed E-state index contributed by atoms with van der Waals surface area (Å²) in [6, 6.07) is 9.50. The predicted molar refractivity (Wildman–Crippen MR) is 86.9 cm³/mol. The Bertz CT molecular complexity index is 730. The second kappa shape index (κ2) is 6.77. The molecular weight excluding hydrogens is 327 g/mol. The van der Waals surface area contributed by atoms with Crippen LogP contribution in [0.3, 0.4) is 0 Å². The topological polar surface area (TPSA) is 72.2 Å². The molecule has 2 rings (SSSR count). The molecule has 0 aliphatic heterocycles. The lowest BCUT2D eigenvalue weighted by atomic mass is 10.1. The van der Waals surface area contributed by atoms with E-state index in [2.05, 4.69) is 5.32 Å². The van der Waals surface area contributed by atoms with Crippen LogP contribution in [0.1, 0.15) is 22.8 Å². The summed E-state index contributed by atoms with van der Waals surface area (Å²) in [5.74, 6) is -0.366.